The highest BCUT2D eigenvalue weighted by atomic mass is 32.1. The predicted octanol–water partition coefficient (Wildman–Crippen LogP) is 1.49. The number of piperazine rings is 1. The molecular formula is C17H15N3O5S. The van der Waals surface area contributed by atoms with Crippen molar-refractivity contribution in [3.05, 3.63) is 51.5 Å². The second kappa shape index (κ2) is 6.34. The van der Waals surface area contributed by atoms with Gasteiger partial charge >= 0.3 is 5.63 Å². The number of rotatable bonds is 2. The van der Waals surface area contributed by atoms with Crippen molar-refractivity contribution in [2.75, 3.05) is 26.2 Å². The molecule has 0 aromatic carbocycles. The first-order valence-electron chi connectivity index (χ1n) is 8.00. The zero-order valence-electron chi connectivity index (χ0n) is 13.6. The molecule has 0 atom stereocenters. The van der Waals surface area contributed by atoms with Gasteiger partial charge in [-0.05, 0) is 17.5 Å². The third kappa shape index (κ3) is 2.97. The summed E-state index contributed by atoms with van der Waals surface area (Å²) in [4.78, 5) is 42.6. The molecule has 1 saturated heterocycles. The van der Waals surface area contributed by atoms with Gasteiger partial charge in [0.25, 0.3) is 11.8 Å². The average molecular weight is 373 g/mol. The second-order valence-electron chi connectivity index (χ2n) is 5.96. The van der Waals surface area contributed by atoms with E-state index in [0.29, 0.717) is 31.9 Å². The summed E-state index contributed by atoms with van der Waals surface area (Å²) in [5.74, 6) is -1.11. The average Bonchev–Trinajstić information content (AvgIpc) is 3.21. The number of aromatic nitrogens is 1. The Morgan fingerprint density at radius 1 is 1.08 bits per heavy atom. The van der Waals surface area contributed by atoms with Crippen LogP contribution in [-0.4, -0.2) is 57.9 Å². The Labute approximate surface area is 151 Å². The van der Waals surface area contributed by atoms with Crippen molar-refractivity contribution in [2.45, 2.75) is 0 Å². The second-order valence-corrected chi connectivity index (χ2v) is 6.91. The molecule has 3 aromatic heterocycles. The first-order chi connectivity index (χ1) is 12.5. The van der Waals surface area contributed by atoms with Crippen LogP contribution in [0.2, 0.25) is 0 Å². The molecule has 1 fully saturated rings. The molecule has 0 saturated carbocycles. The van der Waals surface area contributed by atoms with Crippen molar-refractivity contribution in [2.24, 2.45) is 0 Å². The van der Waals surface area contributed by atoms with Crippen molar-refractivity contribution in [1.82, 2.24) is 14.8 Å². The Hall–Kier alpha value is -3.07. The van der Waals surface area contributed by atoms with Crippen LogP contribution in [0.15, 0.2) is 38.9 Å². The fourth-order valence-electron chi connectivity index (χ4n) is 2.97. The Morgan fingerprint density at radius 3 is 2.42 bits per heavy atom. The number of aromatic hydroxyl groups is 1. The van der Waals surface area contributed by atoms with Gasteiger partial charge in [0.2, 0.25) is 0 Å². The molecule has 0 spiro atoms. The molecule has 134 valence electrons. The van der Waals surface area contributed by atoms with E-state index >= 15 is 0 Å². The van der Waals surface area contributed by atoms with Crippen LogP contribution in [0.1, 0.15) is 21.0 Å². The third-order valence-electron chi connectivity index (χ3n) is 4.29. The molecule has 2 N–H and O–H groups in total. The van der Waals surface area contributed by atoms with Gasteiger partial charge in [-0.3, -0.25) is 9.59 Å². The summed E-state index contributed by atoms with van der Waals surface area (Å²) in [5, 5.41) is 11.4. The number of hydrogen-bond acceptors (Lipinski definition) is 6. The van der Waals surface area contributed by atoms with Crippen LogP contribution in [0.25, 0.3) is 10.2 Å². The molecule has 9 heteroatoms. The number of nitrogens with zero attached hydrogens (tertiary/aromatic N) is 2. The number of amides is 2. The number of nitrogens with one attached hydrogen (secondary N) is 1. The topological polar surface area (TPSA) is 107 Å². The quantitative estimate of drug-likeness (QED) is 0.708. The van der Waals surface area contributed by atoms with E-state index in [9.17, 15) is 19.5 Å². The molecule has 0 aliphatic carbocycles. The number of H-pyrrole nitrogens is 1. The fourth-order valence-corrected chi connectivity index (χ4v) is 3.75. The van der Waals surface area contributed by atoms with E-state index in [0.717, 1.165) is 22.3 Å². The highest BCUT2D eigenvalue weighted by Gasteiger charge is 2.27. The largest absolute Gasteiger partial charge is 0.508 e. The van der Waals surface area contributed by atoms with Gasteiger partial charge < -0.3 is 24.3 Å². The molecule has 0 unspecified atom stereocenters. The molecule has 2 amide bonds. The number of hydrogen-bond donors (Lipinski definition) is 2. The van der Waals surface area contributed by atoms with E-state index < -0.39 is 11.5 Å². The lowest BCUT2D eigenvalue weighted by Crippen LogP contribution is -2.50. The van der Waals surface area contributed by atoms with E-state index in [4.69, 9.17) is 4.42 Å². The van der Waals surface area contributed by atoms with E-state index in [-0.39, 0.29) is 17.4 Å². The van der Waals surface area contributed by atoms with E-state index in [2.05, 4.69) is 4.98 Å². The number of carbonyl (C=O) groups is 2. The maximum absolute atomic E-state index is 12.6. The summed E-state index contributed by atoms with van der Waals surface area (Å²) in [7, 11) is 0. The molecule has 3 aromatic rings. The summed E-state index contributed by atoms with van der Waals surface area (Å²) >= 11 is 1.57. The lowest BCUT2D eigenvalue weighted by atomic mass is 10.2. The monoisotopic (exact) mass is 373 g/mol. The number of thiophene rings is 1. The van der Waals surface area contributed by atoms with Gasteiger partial charge in [-0.15, -0.1) is 11.3 Å². The van der Waals surface area contributed by atoms with Crippen LogP contribution in [0.5, 0.6) is 5.75 Å². The molecule has 0 radical (unpaired) electrons. The molecule has 8 nitrogen and oxygen atoms in total. The van der Waals surface area contributed by atoms with Gasteiger partial charge in [-0.25, -0.2) is 4.79 Å². The fraction of sp³-hybridized carbons (Fsp3) is 0.235. The van der Waals surface area contributed by atoms with Gasteiger partial charge in [0.05, 0.1) is 16.3 Å². The Balaban J connectivity index is 1.43. The molecular weight excluding hydrogens is 358 g/mol. The molecule has 26 heavy (non-hydrogen) atoms. The maximum Gasteiger partial charge on any atom is 0.340 e. The molecule has 1 aliphatic rings. The minimum atomic E-state index is -0.783. The molecule has 0 bridgehead atoms. The van der Waals surface area contributed by atoms with Gasteiger partial charge in [0.15, 0.2) is 5.76 Å². The molecule has 4 rings (SSSR count). The molecule has 4 heterocycles. The predicted molar refractivity (Wildman–Crippen MR) is 94.6 cm³/mol. The number of fused-ring (bicyclic) bond motifs is 1. The number of aromatic amines is 1. The summed E-state index contributed by atoms with van der Waals surface area (Å²) in [5.41, 5.74) is 0.686. The zero-order chi connectivity index (χ0) is 18.3. The third-order valence-corrected chi connectivity index (χ3v) is 5.15. The minimum absolute atomic E-state index is 0.107. The lowest BCUT2D eigenvalue weighted by Gasteiger charge is -2.34. The first-order valence-corrected chi connectivity index (χ1v) is 8.88. The minimum Gasteiger partial charge on any atom is -0.508 e. The van der Waals surface area contributed by atoms with Gasteiger partial charge in [-0.2, -0.15) is 0 Å². The normalized spacial score (nSPS) is 14.8. The van der Waals surface area contributed by atoms with Crippen molar-refractivity contribution < 1.29 is 19.1 Å². The first kappa shape index (κ1) is 16.4. The van der Waals surface area contributed by atoms with Crippen molar-refractivity contribution in [3.63, 3.8) is 0 Å². The van der Waals surface area contributed by atoms with E-state index in [1.54, 1.807) is 16.2 Å². The van der Waals surface area contributed by atoms with Crippen molar-refractivity contribution in [3.8, 4) is 5.75 Å². The van der Waals surface area contributed by atoms with Gasteiger partial charge in [0, 0.05) is 32.2 Å². The maximum atomic E-state index is 12.6. The standard InChI is InChI=1S/C17H15N3O5S/c21-10-7-13(25-15(22)8-10)17(24)20-4-2-19(3-5-20)16(23)12-9-14-11(18-12)1-6-26-14/h1,6-9,18,21H,2-5H2. The van der Waals surface area contributed by atoms with Crippen LogP contribution in [-0.2, 0) is 0 Å². The van der Waals surface area contributed by atoms with Crippen LogP contribution in [0, 0.1) is 0 Å². The van der Waals surface area contributed by atoms with Crippen molar-refractivity contribution >= 4 is 33.4 Å². The van der Waals surface area contributed by atoms with E-state index in [1.807, 2.05) is 17.5 Å². The highest BCUT2D eigenvalue weighted by molar-refractivity contribution is 7.17. The Morgan fingerprint density at radius 2 is 1.77 bits per heavy atom. The van der Waals surface area contributed by atoms with Gasteiger partial charge in [0.1, 0.15) is 11.4 Å². The molecule has 1 aliphatic heterocycles. The smallest absolute Gasteiger partial charge is 0.340 e. The zero-order valence-corrected chi connectivity index (χ0v) is 14.4. The highest BCUT2D eigenvalue weighted by Crippen LogP contribution is 2.22. The summed E-state index contributed by atoms with van der Waals surface area (Å²) in [6, 6.07) is 5.78. The summed E-state index contributed by atoms with van der Waals surface area (Å²) < 4.78 is 5.88. The number of carbonyl (C=O) groups excluding carboxylic acids is 2. The Kier molecular flexibility index (Phi) is 4.00. The summed E-state index contributed by atoms with van der Waals surface area (Å²) in [6.07, 6.45) is 0. The van der Waals surface area contributed by atoms with Crippen LogP contribution >= 0.6 is 11.3 Å². The lowest BCUT2D eigenvalue weighted by molar-refractivity contribution is 0.0512. The van der Waals surface area contributed by atoms with Crippen LogP contribution in [0.4, 0.5) is 0 Å². The van der Waals surface area contributed by atoms with E-state index in [1.165, 1.54) is 4.90 Å². The Bertz CT molecular complexity index is 1010. The van der Waals surface area contributed by atoms with Crippen LogP contribution < -0.4 is 5.63 Å². The van der Waals surface area contributed by atoms with Crippen LogP contribution in [0.3, 0.4) is 0 Å². The summed E-state index contributed by atoms with van der Waals surface area (Å²) in [6.45, 7) is 1.39. The SMILES string of the molecule is O=C(c1cc2sccc2[nH]1)N1CCN(C(=O)c2cc(O)cc(=O)o2)CC1. The van der Waals surface area contributed by atoms with Gasteiger partial charge in [-0.1, -0.05) is 0 Å². The van der Waals surface area contributed by atoms with Crippen molar-refractivity contribution in [1.29, 1.82) is 0 Å².